The molecule has 1 fully saturated rings. The summed E-state index contributed by atoms with van der Waals surface area (Å²) < 4.78 is 13.0. The van der Waals surface area contributed by atoms with Gasteiger partial charge in [0.2, 0.25) is 5.91 Å². The van der Waals surface area contributed by atoms with Crippen LogP contribution in [0, 0.1) is 11.7 Å². The second kappa shape index (κ2) is 9.15. The summed E-state index contributed by atoms with van der Waals surface area (Å²) in [5, 5.41) is 0. The monoisotopic (exact) mass is 407 g/mol. The van der Waals surface area contributed by atoms with Gasteiger partial charge >= 0.3 is 0 Å². The normalized spacial score (nSPS) is 16.4. The molecule has 1 amide bonds. The van der Waals surface area contributed by atoms with Crippen LogP contribution >= 0.6 is 0 Å². The Morgan fingerprint density at radius 3 is 2.87 bits per heavy atom. The fourth-order valence-corrected chi connectivity index (χ4v) is 4.07. The molecule has 0 radical (unpaired) electrons. The lowest BCUT2D eigenvalue weighted by molar-refractivity contribution is -0.131. The highest BCUT2D eigenvalue weighted by molar-refractivity contribution is 5.81. The molecule has 7 heteroatoms. The molecule has 0 bridgehead atoms. The molecule has 4 rings (SSSR count). The molecule has 1 aliphatic rings. The lowest BCUT2D eigenvalue weighted by atomic mass is 9.98. The minimum absolute atomic E-state index is 0.0975. The zero-order valence-electron chi connectivity index (χ0n) is 17.2. The number of likely N-dealkylation sites (tertiary alicyclic amines) is 1. The molecule has 0 saturated carbocycles. The molecule has 0 unspecified atom stereocenters. The third-order valence-electron chi connectivity index (χ3n) is 5.80. The van der Waals surface area contributed by atoms with Crippen molar-refractivity contribution in [1.82, 2.24) is 19.9 Å². The van der Waals surface area contributed by atoms with Gasteiger partial charge in [-0.3, -0.25) is 14.8 Å². The molecule has 0 spiro atoms. The van der Waals surface area contributed by atoms with Crippen LogP contribution in [0.1, 0.15) is 24.8 Å². The number of pyridine rings is 1. The van der Waals surface area contributed by atoms with Gasteiger partial charge in [-0.25, -0.2) is 9.37 Å². The van der Waals surface area contributed by atoms with Crippen molar-refractivity contribution in [2.45, 2.75) is 25.7 Å². The first-order chi connectivity index (χ1) is 14.6. The van der Waals surface area contributed by atoms with E-state index in [1.165, 1.54) is 17.8 Å². The Kier molecular flexibility index (Phi) is 6.16. The summed E-state index contributed by atoms with van der Waals surface area (Å²) in [7, 11) is 1.91. The lowest BCUT2D eigenvalue weighted by Gasteiger charge is -2.23. The van der Waals surface area contributed by atoms with Crippen LogP contribution < -0.4 is 4.90 Å². The van der Waals surface area contributed by atoms with Gasteiger partial charge in [-0.05, 0) is 49.4 Å². The molecule has 3 aromatic rings. The maximum absolute atomic E-state index is 13.0. The van der Waals surface area contributed by atoms with Gasteiger partial charge < -0.3 is 9.80 Å². The van der Waals surface area contributed by atoms with Crippen LogP contribution in [-0.2, 0) is 11.2 Å². The molecule has 1 aromatic carbocycles. The van der Waals surface area contributed by atoms with Crippen molar-refractivity contribution in [3.8, 4) is 0 Å². The van der Waals surface area contributed by atoms with E-state index in [4.69, 9.17) is 0 Å². The second-order valence-electron chi connectivity index (χ2n) is 7.80. The highest BCUT2D eigenvalue weighted by Gasteiger charge is 2.30. The van der Waals surface area contributed by atoms with Crippen molar-refractivity contribution in [1.29, 1.82) is 0 Å². The molecule has 3 heterocycles. The summed E-state index contributed by atoms with van der Waals surface area (Å²) in [6.45, 7) is 2.13. The van der Waals surface area contributed by atoms with Crippen LogP contribution in [0.25, 0.3) is 11.0 Å². The first-order valence-corrected chi connectivity index (χ1v) is 10.4. The maximum Gasteiger partial charge on any atom is 0.225 e. The fourth-order valence-electron chi connectivity index (χ4n) is 4.07. The minimum Gasteiger partial charge on any atom is -0.358 e. The van der Waals surface area contributed by atoms with Crippen molar-refractivity contribution in [2.75, 3.05) is 31.6 Å². The predicted molar refractivity (Wildman–Crippen MR) is 115 cm³/mol. The summed E-state index contributed by atoms with van der Waals surface area (Å²) >= 11 is 0. The lowest BCUT2D eigenvalue weighted by Crippen LogP contribution is -2.35. The SMILES string of the molecule is CN(CCN1CC[C@H](CCCc2cccc3nccnc23)C1=O)c1ccc(F)cn1. The van der Waals surface area contributed by atoms with E-state index in [0.29, 0.717) is 18.9 Å². The zero-order valence-corrected chi connectivity index (χ0v) is 17.2. The number of rotatable bonds is 8. The van der Waals surface area contributed by atoms with Crippen molar-refractivity contribution < 1.29 is 9.18 Å². The molecular weight excluding hydrogens is 381 g/mol. The number of amides is 1. The number of aromatic nitrogens is 3. The van der Waals surface area contributed by atoms with E-state index in [9.17, 15) is 9.18 Å². The van der Waals surface area contributed by atoms with E-state index in [0.717, 1.165) is 43.3 Å². The average molecular weight is 407 g/mol. The Morgan fingerprint density at radius 1 is 1.17 bits per heavy atom. The number of likely N-dealkylation sites (N-methyl/N-ethyl adjacent to an activating group) is 1. The van der Waals surface area contributed by atoms with Crippen LogP contribution in [0.15, 0.2) is 48.9 Å². The number of hydrogen-bond acceptors (Lipinski definition) is 5. The highest BCUT2D eigenvalue weighted by Crippen LogP contribution is 2.25. The second-order valence-corrected chi connectivity index (χ2v) is 7.80. The minimum atomic E-state index is -0.347. The largest absolute Gasteiger partial charge is 0.358 e. The maximum atomic E-state index is 13.0. The van der Waals surface area contributed by atoms with Gasteiger partial charge in [-0.1, -0.05) is 12.1 Å². The standard InChI is InChI=1S/C23H26FN5O/c1-28(21-9-8-19(24)16-27-21)14-15-29-13-10-18(23(29)30)6-2-4-17-5-3-7-20-22(17)26-12-11-25-20/h3,5,7-9,11-12,16,18H,2,4,6,10,13-15H2,1H3/t18-/m0/s1. The Balaban J connectivity index is 1.25. The molecule has 0 N–H and O–H groups in total. The third-order valence-corrected chi connectivity index (χ3v) is 5.80. The number of hydrogen-bond donors (Lipinski definition) is 0. The predicted octanol–water partition coefficient (Wildman–Crippen LogP) is 3.47. The van der Waals surface area contributed by atoms with Crippen molar-refractivity contribution in [3.63, 3.8) is 0 Å². The summed E-state index contributed by atoms with van der Waals surface area (Å²) in [6.07, 6.45) is 8.31. The van der Waals surface area contributed by atoms with Gasteiger partial charge in [0, 0.05) is 45.0 Å². The summed E-state index contributed by atoms with van der Waals surface area (Å²) in [5.41, 5.74) is 3.06. The number of carbonyl (C=O) groups excluding carboxylic acids is 1. The fraction of sp³-hybridized carbons (Fsp3) is 0.391. The van der Waals surface area contributed by atoms with E-state index in [1.807, 2.05) is 29.0 Å². The topological polar surface area (TPSA) is 62.2 Å². The average Bonchev–Trinajstić information content (AvgIpc) is 3.12. The molecule has 30 heavy (non-hydrogen) atoms. The third kappa shape index (κ3) is 4.56. The van der Waals surface area contributed by atoms with Gasteiger partial charge in [0.1, 0.15) is 11.6 Å². The number of fused-ring (bicyclic) bond motifs is 1. The van der Waals surface area contributed by atoms with Crippen molar-refractivity contribution >= 4 is 22.8 Å². The Labute approximate surface area is 175 Å². The molecule has 2 aromatic heterocycles. The zero-order chi connectivity index (χ0) is 20.9. The van der Waals surface area contributed by atoms with Gasteiger partial charge in [-0.15, -0.1) is 0 Å². The smallest absolute Gasteiger partial charge is 0.225 e. The number of benzene rings is 1. The molecule has 0 aliphatic carbocycles. The number of carbonyl (C=O) groups is 1. The summed E-state index contributed by atoms with van der Waals surface area (Å²) in [6, 6.07) is 9.14. The van der Waals surface area contributed by atoms with Gasteiger partial charge in [0.15, 0.2) is 0 Å². The van der Waals surface area contributed by atoms with Gasteiger partial charge in [0.25, 0.3) is 0 Å². The summed E-state index contributed by atoms with van der Waals surface area (Å²) in [5.74, 6) is 0.700. The van der Waals surface area contributed by atoms with Crippen LogP contribution in [0.4, 0.5) is 10.2 Å². The molecular formula is C23H26FN5O. The number of para-hydroxylation sites is 1. The first kappa shape index (κ1) is 20.2. The van der Waals surface area contributed by atoms with E-state index >= 15 is 0 Å². The van der Waals surface area contributed by atoms with E-state index < -0.39 is 0 Å². The number of anilines is 1. The van der Waals surface area contributed by atoms with E-state index in [1.54, 1.807) is 18.5 Å². The molecule has 6 nitrogen and oxygen atoms in total. The van der Waals surface area contributed by atoms with Crippen LogP contribution in [0.2, 0.25) is 0 Å². The quantitative estimate of drug-likeness (QED) is 0.572. The molecule has 1 aliphatic heterocycles. The van der Waals surface area contributed by atoms with Crippen LogP contribution in [0.3, 0.4) is 0 Å². The highest BCUT2D eigenvalue weighted by atomic mass is 19.1. The summed E-state index contributed by atoms with van der Waals surface area (Å²) in [4.78, 5) is 29.6. The molecule has 156 valence electrons. The number of halogens is 1. The molecule has 1 atom stereocenters. The number of aryl methyl sites for hydroxylation is 1. The van der Waals surface area contributed by atoms with Crippen molar-refractivity contribution in [3.05, 3.63) is 60.3 Å². The Bertz CT molecular complexity index is 1000. The van der Waals surface area contributed by atoms with Gasteiger partial charge in [-0.2, -0.15) is 0 Å². The van der Waals surface area contributed by atoms with Crippen molar-refractivity contribution in [2.24, 2.45) is 5.92 Å². The first-order valence-electron chi connectivity index (χ1n) is 10.4. The van der Waals surface area contributed by atoms with E-state index in [2.05, 4.69) is 21.0 Å². The number of nitrogens with zero attached hydrogens (tertiary/aromatic N) is 5. The Morgan fingerprint density at radius 2 is 2.03 bits per heavy atom. The molecule has 1 saturated heterocycles. The van der Waals surface area contributed by atoms with Gasteiger partial charge in [0.05, 0.1) is 17.2 Å². The Hall–Kier alpha value is -3.09. The van der Waals surface area contributed by atoms with E-state index in [-0.39, 0.29) is 17.6 Å². The van der Waals surface area contributed by atoms with Crippen LogP contribution in [0.5, 0.6) is 0 Å². The van der Waals surface area contributed by atoms with Crippen LogP contribution in [-0.4, -0.2) is 52.4 Å².